The maximum Gasteiger partial charge on any atom is 0.231 e. The van der Waals surface area contributed by atoms with E-state index in [-0.39, 0.29) is 23.9 Å². The highest BCUT2D eigenvalue weighted by Crippen LogP contribution is 2.52. The molecule has 0 amide bonds. The molecule has 0 bridgehead atoms. The highest BCUT2D eigenvalue weighted by Gasteiger charge is 2.43. The Morgan fingerprint density at radius 1 is 0.578 bits per heavy atom. The minimum absolute atomic E-state index is 0.0847. The molecule has 4 heteroatoms. The molecule has 0 saturated heterocycles. The van der Waals surface area contributed by atoms with Crippen LogP contribution in [-0.2, 0) is 0 Å². The van der Waals surface area contributed by atoms with Crippen LogP contribution in [0.1, 0.15) is 80.0 Å². The highest BCUT2D eigenvalue weighted by atomic mass is 15.3. The van der Waals surface area contributed by atoms with Gasteiger partial charge in [-0.05, 0) is 119 Å². The van der Waals surface area contributed by atoms with E-state index in [1.54, 1.807) is 0 Å². The number of hydrogen-bond donors (Lipinski definition) is 0. The number of nitrogens with zero attached hydrogens (tertiary/aromatic N) is 4. The summed E-state index contributed by atoms with van der Waals surface area (Å²) in [6, 6.07) is 23.3. The van der Waals surface area contributed by atoms with Gasteiger partial charge in [0.1, 0.15) is 0 Å². The van der Waals surface area contributed by atoms with Crippen molar-refractivity contribution in [3.8, 4) is 0 Å². The van der Waals surface area contributed by atoms with Gasteiger partial charge in [-0.3, -0.25) is 0 Å². The number of hydrogen-bond acceptors (Lipinski definition) is 4. The van der Waals surface area contributed by atoms with E-state index in [2.05, 4.69) is 192 Å². The maximum atomic E-state index is 5.53. The molecule has 0 N–H and O–H groups in total. The van der Waals surface area contributed by atoms with Crippen LogP contribution in [0.15, 0.2) is 198 Å². The van der Waals surface area contributed by atoms with Gasteiger partial charge in [-0.2, -0.15) is 0 Å². The van der Waals surface area contributed by atoms with Gasteiger partial charge in [0, 0.05) is 34.3 Å². The molecule has 0 spiro atoms. The normalized spacial score (nSPS) is 26.9. The number of benzene rings is 3. The Kier molecular flexibility index (Phi) is 9.13. The largest absolute Gasteiger partial charge is 0.357 e. The van der Waals surface area contributed by atoms with E-state index < -0.39 is 0 Å². The van der Waals surface area contributed by atoms with E-state index in [0.29, 0.717) is 12.0 Å². The van der Waals surface area contributed by atoms with E-state index >= 15 is 0 Å². The van der Waals surface area contributed by atoms with Gasteiger partial charge < -0.3 is 9.80 Å². The third-order valence-corrected chi connectivity index (χ3v) is 15.3. The van der Waals surface area contributed by atoms with Gasteiger partial charge in [0.05, 0.1) is 29.2 Å². The Morgan fingerprint density at radius 3 is 2.25 bits per heavy atom. The van der Waals surface area contributed by atoms with Crippen LogP contribution in [0.4, 0.5) is 17.3 Å². The summed E-state index contributed by atoms with van der Waals surface area (Å²) in [7, 11) is 0. The molecule has 9 aliphatic rings. The van der Waals surface area contributed by atoms with E-state index in [9.17, 15) is 0 Å². The molecule has 1 aromatic heterocycles. The molecule has 6 atom stereocenters. The van der Waals surface area contributed by atoms with Crippen molar-refractivity contribution in [1.82, 2.24) is 9.97 Å². The summed E-state index contributed by atoms with van der Waals surface area (Å²) < 4.78 is 0. The number of anilines is 3. The smallest absolute Gasteiger partial charge is 0.231 e. The molecule has 0 radical (unpaired) electrons. The molecule has 13 rings (SSSR count). The monoisotopic (exact) mass is 828 g/mol. The second-order valence-corrected chi connectivity index (χ2v) is 18.8. The summed E-state index contributed by atoms with van der Waals surface area (Å²) in [5, 5.41) is 4.95. The van der Waals surface area contributed by atoms with Gasteiger partial charge in [-0.1, -0.05) is 170 Å². The van der Waals surface area contributed by atoms with Crippen molar-refractivity contribution >= 4 is 45.8 Å². The summed E-state index contributed by atoms with van der Waals surface area (Å²) in [5.41, 5.74) is 14.8. The zero-order valence-corrected chi connectivity index (χ0v) is 36.2. The SMILES string of the molecule is C1=CCCC(C2=CC=C(c3nc(N4c5ccccc5C5C=C(C6=CC7c8c(ccc9ccccc89)N(C8C=CC(C9C=CC=CC9)=CC8)C7C=C6)C=CC54)nc4c3=CCCC=4)CC2)=C1. The average Bonchev–Trinajstić information content (AvgIpc) is 3.89. The Labute approximate surface area is 376 Å². The number of fused-ring (bicyclic) bond motifs is 9. The van der Waals surface area contributed by atoms with Gasteiger partial charge in [0.25, 0.3) is 0 Å². The number of rotatable bonds is 6. The average molecular weight is 829 g/mol. The fraction of sp³-hybridized carbons (Fsp3) is 0.233. The van der Waals surface area contributed by atoms with Crippen LogP contribution >= 0.6 is 0 Å². The van der Waals surface area contributed by atoms with Gasteiger partial charge in [0.2, 0.25) is 5.95 Å². The molecule has 3 aromatic carbocycles. The topological polar surface area (TPSA) is 32.3 Å². The molecule has 64 heavy (non-hydrogen) atoms. The molecular weight excluding hydrogens is 777 g/mol. The summed E-state index contributed by atoms with van der Waals surface area (Å²) in [4.78, 5) is 16.0. The van der Waals surface area contributed by atoms with Crippen LogP contribution in [0.2, 0.25) is 0 Å². The van der Waals surface area contributed by atoms with Crippen LogP contribution in [0.25, 0.3) is 28.5 Å². The van der Waals surface area contributed by atoms with Crippen LogP contribution in [-0.4, -0.2) is 28.1 Å². The lowest BCUT2D eigenvalue weighted by Gasteiger charge is -2.36. The lowest BCUT2D eigenvalue weighted by Crippen LogP contribution is -2.41. The van der Waals surface area contributed by atoms with Crippen molar-refractivity contribution in [2.24, 2.45) is 5.92 Å². The first-order chi connectivity index (χ1) is 31.7. The maximum absolute atomic E-state index is 5.53. The van der Waals surface area contributed by atoms with Gasteiger partial charge >= 0.3 is 0 Å². The summed E-state index contributed by atoms with van der Waals surface area (Å²) >= 11 is 0. The fourth-order valence-electron chi connectivity index (χ4n) is 12.1. The summed E-state index contributed by atoms with van der Waals surface area (Å²) in [6.07, 6.45) is 55.9. The predicted molar refractivity (Wildman–Crippen MR) is 266 cm³/mol. The molecule has 0 saturated carbocycles. The molecule has 4 nitrogen and oxygen atoms in total. The van der Waals surface area contributed by atoms with Crippen molar-refractivity contribution in [3.63, 3.8) is 0 Å². The fourth-order valence-corrected chi connectivity index (χ4v) is 12.1. The van der Waals surface area contributed by atoms with Crippen molar-refractivity contribution < 1.29 is 0 Å². The Morgan fingerprint density at radius 2 is 1.41 bits per heavy atom. The molecule has 6 unspecified atom stereocenters. The minimum Gasteiger partial charge on any atom is -0.357 e. The first-order valence-electron chi connectivity index (χ1n) is 23.8. The standard InChI is InChI=1S/C60H52N4/c1-3-13-39(14-4-1)41-23-25-44(26-24-41)59-50-20-9-11-21-53(50)61-60(62-59)64-54-22-12-10-19-49(54)51-37-45(30-34-55(51)64)46-31-35-56-52(38-46)58-48-18-8-7-17-43(48)29-36-57(58)63(56)47-32-27-42(28-33-47)40-15-5-2-6-16-40/h1-3,5-8,10,12-13,15,17-23,25,27-32,34-38,40,47,51-52,55-56H,4,9,11,14,16,24,26,33H2. The van der Waals surface area contributed by atoms with Crippen LogP contribution < -0.4 is 20.4 Å². The lowest BCUT2D eigenvalue weighted by atomic mass is 9.81. The van der Waals surface area contributed by atoms with Crippen molar-refractivity contribution in [3.05, 3.63) is 225 Å². The molecular formula is C60H52N4. The highest BCUT2D eigenvalue weighted by molar-refractivity contribution is 5.94. The second-order valence-electron chi connectivity index (χ2n) is 18.8. The van der Waals surface area contributed by atoms with E-state index in [1.807, 2.05) is 0 Å². The molecule has 3 heterocycles. The van der Waals surface area contributed by atoms with Crippen LogP contribution in [0, 0.1) is 5.92 Å². The summed E-state index contributed by atoms with van der Waals surface area (Å²) in [5.74, 6) is 1.71. The first kappa shape index (κ1) is 37.7. The zero-order chi connectivity index (χ0) is 42.1. The molecule has 0 fully saturated rings. The third kappa shape index (κ3) is 6.25. The predicted octanol–water partition coefficient (Wildman–Crippen LogP) is 12.3. The molecule has 4 aromatic rings. The summed E-state index contributed by atoms with van der Waals surface area (Å²) in [6.45, 7) is 0. The van der Waals surface area contributed by atoms with Gasteiger partial charge in [0.15, 0.2) is 0 Å². The lowest BCUT2D eigenvalue weighted by molar-refractivity contribution is 0.606. The van der Waals surface area contributed by atoms with Crippen molar-refractivity contribution in [1.29, 1.82) is 0 Å². The van der Waals surface area contributed by atoms with E-state index in [4.69, 9.17) is 9.97 Å². The number of allylic oxidation sites excluding steroid dienone is 18. The van der Waals surface area contributed by atoms with Crippen molar-refractivity contribution in [2.75, 3.05) is 9.80 Å². The number of aromatic nitrogens is 2. The number of para-hydroxylation sites is 1. The van der Waals surface area contributed by atoms with Gasteiger partial charge in [-0.25, -0.2) is 9.97 Å². The Balaban J connectivity index is 0.841. The van der Waals surface area contributed by atoms with E-state index in [0.717, 1.165) is 68.4 Å². The van der Waals surface area contributed by atoms with Gasteiger partial charge in [-0.15, -0.1) is 0 Å². The van der Waals surface area contributed by atoms with Crippen molar-refractivity contribution in [2.45, 2.75) is 81.3 Å². The second kappa shape index (κ2) is 15.5. The molecule has 7 aliphatic carbocycles. The Hall–Kier alpha value is -6.78. The van der Waals surface area contributed by atoms with Crippen LogP contribution in [0.5, 0.6) is 0 Å². The quantitative estimate of drug-likeness (QED) is 0.194. The minimum atomic E-state index is 0.0847. The van der Waals surface area contributed by atoms with Crippen LogP contribution in [0.3, 0.4) is 0 Å². The molecule has 2 aliphatic heterocycles. The molecule has 312 valence electrons. The zero-order valence-electron chi connectivity index (χ0n) is 36.2. The first-order valence-corrected chi connectivity index (χ1v) is 23.8. The third-order valence-electron chi connectivity index (χ3n) is 15.3. The van der Waals surface area contributed by atoms with E-state index in [1.165, 1.54) is 71.9 Å². The Bertz CT molecular complexity index is 3170.